The summed E-state index contributed by atoms with van der Waals surface area (Å²) in [5.41, 5.74) is 1.72. The van der Waals surface area contributed by atoms with Gasteiger partial charge in [-0.3, -0.25) is 4.90 Å². The first-order valence-electron chi connectivity index (χ1n) is 7.26. The van der Waals surface area contributed by atoms with Crippen molar-refractivity contribution in [2.75, 3.05) is 26.2 Å². The zero-order chi connectivity index (χ0) is 13.8. The molecule has 0 bridgehead atoms. The highest BCUT2D eigenvalue weighted by atomic mass is 16.3. The molecule has 0 aliphatic carbocycles. The van der Waals surface area contributed by atoms with Crippen LogP contribution < -0.4 is 5.32 Å². The summed E-state index contributed by atoms with van der Waals surface area (Å²) in [4.78, 5) is 6.70. The molecule has 0 radical (unpaired) electrons. The second-order valence-corrected chi connectivity index (χ2v) is 5.33. The van der Waals surface area contributed by atoms with Crippen LogP contribution in [0.2, 0.25) is 0 Å². The summed E-state index contributed by atoms with van der Waals surface area (Å²) in [5, 5.41) is 12.7. The fraction of sp³-hybridized carbons (Fsp3) is 0.533. The van der Waals surface area contributed by atoms with Gasteiger partial charge in [0.2, 0.25) is 5.89 Å². The highest BCUT2D eigenvalue weighted by molar-refractivity contribution is 5.72. The van der Waals surface area contributed by atoms with Gasteiger partial charge in [0.15, 0.2) is 5.58 Å². The number of fused-ring (bicyclic) bond motifs is 1. The summed E-state index contributed by atoms with van der Waals surface area (Å²) in [6, 6.07) is 8.32. The molecule has 108 valence electrons. The molecule has 1 aromatic heterocycles. The molecule has 3 rings (SSSR count). The standard InChI is InChI=1S/C15H21N3O2/c19-9-8-18(10-12-4-3-7-16-12)11-15-17-13-5-1-2-6-14(13)20-15/h1-2,5-6,12,16,19H,3-4,7-11H2. The lowest BCUT2D eigenvalue weighted by Gasteiger charge is -2.23. The van der Waals surface area contributed by atoms with Gasteiger partial charge in [-0.05, 0) is 31.5 Å². The van der Waals surface area contributed by atoms with Crippen LogP contribution in [0.4, 0.5) is 0 Å². The minimum absolute atomic E-state index is 0.160. The molecule has 5 nitrogen and oxygen atoms in total. The summed E-state index contributed by atoms with van der Waals surface area (Å²) in [5.74, 6) is 0.720. The first-order valence-corrected chi connectivity index (χ1v) is 7.26. The molecule has 0 amide bonds. The largest absolute Gasteiger partial charge is 0.439 e. The first-order chi connectivity index (χ1) is 9.85. The number of nitrogens with zero attached hydrogens (tertiary/aromatic N) is 2. The van der Waals surface area contributed by atoms with Crippen molar-refractivity contribution in [1.82, 2.24) is 15.2 Å². The smallest absolute Gasteiger partial charge is 0.209 e. The van der Waals surface area contributed by atoms with Gasteiger partial charge in [0.1, 0.15) is 5.52 Å². The molecule has 20 heavy (non-hydrogen) atoms. The molecule has 1 unspecified atom stereocenters. The van der Waals surface area contributed by atoms with Crippen LogP contribution in [0.3, 0.4) is 0 Å². The molecule has 1 aliphatic rings. The number of rotatable bonds is 6. The van der Waals surface area contributed by atoms with Crippen LogP contribution in [-0.4, -0.2) is 47.3 Å². The Labute approximate surface area is 118 Å². The minimum atomic E-state index is 0.160. The average Bonchev–Trinajstić information content (AvgIpc) is 3.07. The minimum Gasteiger partial charge on any atom is -0.439 e. The molecule has 1 fully saturated rings. The molecular formula is C15H21N3O2. The zero-order valence-electron chi connectivity index (χ0n) is 11.6. The predicted octanol–water partition coefficient (Wildman–Crippen LogP) is 1.37. The molecular weight excluding hydrogens is 254 g/mol. The quantitative estimate of drug-likeness (QED) is 0.834. The highest BCUT2D eigenvalue weighted by Crippen LogP contribution is 2.16. The lowest BCUT2D eigenvalue weighted by molar-refractivity contribution is 0.168. The Bertz CT molecular complexity index is 516. The zero-order valence-corrected chi connectivity index (χ0v) is 11.6. The third-order valence-corrected chi connectivity index (χ3v) is 3.75. The van der Waals surface area contributed by atoms with E-state index in [1.807, 2.05) is 24.3 Å². The van der Waals surface area contributed by atoms with Gasteiger partial charge in [0.25, 0.3) is 0 Å². The van der Waals surface area contributed by atoms with Gasteiger partial charge in [0, 0.05) is 19.1 Å². The molecule has 0 saturated carbocycles. The third kappa shape index (κ3) is 3.17. The van der Waals surface area contributed by atoms with Crippen molar-refractivity contribution in [2.24, 2.45) is 0 Å². The monoisotopic (exact) mass is 275 g/mol. The normalized spacial score (nSPS) is 19.2. The Hall–Kier alpha value is -1.43. The van der Waals surface area contributed by atoms with Crippen molar-refractivity contribution in [3.05, 3.63) is 30.2 Å². The third-order valence-electron chi connectivity index (χ3n) is 3.75. The van der Waals surface area contributed by atoms with E-state index >= 15 is 0 Å². The molecule has 1 aliphatic heterocycles. The van der Waals surface area contributed by atoms with E-state index in [1.165, 1.54) is 12.8 Å². The van der Waals surface area contributed by atoms with Gasteiger partial charge in [-0.1, -0.05) is 12.1 Å². The molecule has 2 aromatic rings. The fourth-order valence-corrected chi connectivity index (χ4v) is 2.78. The van der Waals surface area contributed by atoms with Crippen molar-refractivity contribution in [3.8, 4) is 0 Å². The summed E-state index contributed by atoms with van der Waals surface area (Å²) < 4.78 is 5.75. The van der Waals surface area contributed by atoms with Crippen molar-refractivity contribution in [3.63, 3.8) is 0 Å². The van der Waals surface area contributed by atoms with E-state index in [1.54, 1.807) is 0 Å². The van der Waals surface area contributed by atoms with Crippen molar-refractivity contribution in [1.29, 1.82) is 0 Å². The molecule has 0 spiro atoms. The van der Waals surface area contributed by atoms with Crippen LogP contribution in [-0.2, 0) is 6.54 Å². The molecule has 1 saturated heterocycles. The van der Waals surface area contributed by atoms with Gasteiger partial charge >= 0.3 is 0 Å². The number of aliphatic hydroxyl groups excluding tert-OH is 1. The molecule has 1 aromatic carbocycles. The number of benzene rings is 1. The van der Waals surface area contributed by atoms with E-state index in [2.05, 4.69) is 15.2 Å². The Morgan fingerprint density at radius 3 is 3.05 bits per heavy atom. The highest BCUT2D eigenvalue weighted by Gasteiger charge is 2.19. The lowest BCUT2D eigenvalue weighted by atomic mass is 10.2. The van der Waals surface area contributed by atoms with E-state index in [9.17, 15) is 5.11 Å². The maximum absolute atomic E-state index is 9.22. The van der Waals surface area contributed by atoms with Crippen molar-refractivity contribution < 1.29 is 9.52 Å². The van der Waals surface area contributed by atoms with Gasteiger partial charge in [-0.15, -0.1) is 0 Å². The fourth-order valence-electron chi connectivity index (χ4n) is 2.78. The molecule has 1 atom stereocenters. The van der Waals surface area contributed by atoms with Gasteiger partial charge in [-0.25, -0.2) is 4.98 Å². The van der Waals surface area contributed by atoms with Crippen LogP contribution in [0.5, 0.6) is 0 Å². The number of para-hydroxylation sites is 2. The number of nitrogens with one attached hydrogen (secondary N) is 1. The lowest BCUT2D eigenvalue weighted by Crippen LogP contribution is -2.38. The number of aromatic nitrogens is 1. The molecule has 2 heterocycles. The van der Waals surface area contributed by atoms with Gasteiger partial charge in [0.05, 0.1) is 13.2 Å². The Morgan fingerprint density at radius 2 is 2.30 bits per heavy atom. The summed E-state index contributed by atoms with van der Waals surface area (Å²) >= 11 is 0. The maximum Gasteiger partial charge on any atom is 0.209 e. The maximum atomic E-state index is 9.22. The summed E-state index contributed by atoms with van der Waals surface area (Å²) in [7, 11) is 0. The van der Waals surface area contributed by atoms with Gasteiger partial charge < -0.3 is 14.8 Å². The van der Waals surface area contributed by atoms with E-state index in [-0.39, 0.29) is 6.61 Å². The average molecular weight is 275 g/mol. The van der Waals surface area contributed by atoms with E-state index in [4.69, 9.17) is 4.42 Å². The van der Waals surface area contributed by atoms with E-state index in [0.717, 1.165) is 30.1 Å². The Kier molecular flexibility index (Phi) is 4.30. The second kappa shape index (κ2) is 6.35. The molecule has 2 N–H and O–H groups in total. The van der Waals surface area contributed by atoms with Gasteiger partial charge in [-0.2, -0.15) is 0 Å². The van der Waals surface area contributed by atoms with Crippen LogP contribution in [0, 0.1) is 0 Å². The van der Waals surface area contributed by atoms with Crippen LogP contribution in [0.25, 0.3) is 11.1 Å². The molecule has 5 heteroatoms. The predicted molar refractivity (Wildman–Crippen MR) is 77.4 cm³/mol. The topological polar surface area (TPSA) is 61.5 Å². The second-order valence-electron chi connectivity index (χ2n) is 5.33. The number of hydrogen-bond acceptors (Lipinski definition) is 5. The van der Waals surface area contributed by atoms with Crippen molar-refractivity contribution in [2.45, 2.75) is 25.4 Å². The number of hydrogen-bond donors (Lipinski definition) is 2. The summed E-state index contributed by atoms with van der Waals surface area (Å²) in [6.45, 7) is 3.48. The SMILES string of the molecule is OCCN(Cc1nc2ccccc2o1)CC1CCCN1. The van der Waals surface area contributed by atoms with Crippen LogP contribution in [0.15, 0.2) is 28.7 Å². The van der Waals surface area contributed by atoms with Crippen LogP contribution >= 0.6 is 0 Å². The first kappa shape index (κ1) is 13.5. The number of aliphatic hydroxyl groups is 1. The number of oxazole rings is 1. The summed E-state index contributed by atoms with van der Waals surface area (Å²) in [6.07, 6.45) is 2.44. The van der Waals surface area contributed by atoms with Crippen LogP contribution in [0.1, 0.15) is 18.7 Å². The Morgan fingerprint density at radius 1 is 1.40 bits per heavy atom. The van der Waals surface area contributed by atoms with Crippen molar-refractivity contribution >= 4 is 11.1 Å². The van der Waals surface area contributed by atoms with E-state index in [0.29, 0.717) is 19.1 Å². The van der Waals surface area contributed by atoms with E-state index < -0.39 is 0 Å². The Balaban J connectivity index is 1.68.